The second-order valence-electron chi connectivity index (χ2n) is 5.35. The minimum Gasteiger partial charge on any atom is -0.411 e. The number of carbonyl (C=O) groups is 1. The van der Waals surface area contributed by atoms with E-state index >= 15 is 0 Å². The van der Waals surface area contributed by atoms with Crippen LogP contribution < -0.4 is 5.32 Å². The van der Waals surface area contributed by atoms with Gasteiger partial charge in [-0.2, -0.15) is 0 Å². The van der Waals surface area contributed by atoms with Gasteiger partial charge in [-0.15, -0.1) is 21.5 Å². The first-order chi connectivity index (χ1) is 13.3. The number of nitrogens with one attached hydrogen (secondary N) is 1. The molecule has 0 aliphatic rings. The second kappa shape index (κ2) is 8.11. The third-order valence-corrected chi connectivity index (χ3v) is 5.06. The molecule has 0 aliphatic carbocycles. The summed E-state index contributed by atoms with van der Waals surface area (Å²) in [5, 5.41) is 13.5. The number of thioether (sulfide) groups is 1. The Morgan fingerprint density at radius 3 is 2.70 bits per heavy atom. The Bertz CT molecular complexity index is 1030. The Kier molecular flexibility index (Phi) is 5.22. The lowest BCUT2D eigenvalue weighted by Crippen LogP contribution is -2.13. The largest absolute Gasteiger partial charge is 0.411 e. The van der Waals surface area contributed by atoms with Crippen LogP contribution in [0.3, 0.4) is 0 Å². The van der Waals surface area contributed by atoms with Gasteiger partial charge in [0.15, 0.2) is 5.13 Å². The summed E-state index contributed by atoms with van der Waals surface area (Å²) in [6.07, 6.45) is 3.30. The summed E-state index contributed by atoms with van der Waals surface area (Å²) in [7, 11) is 0. The normalized spacial score (nSPS) is 10.7. The summed E-state index contributed by atoms with van der Waals surface area (Å²) in [5.41, 5.74) is 2.63. The molecule has 0 spiro atoms. The van der Waals surface area contributed by atoms with Gasteiger partial charge in [-0.05, 0) is 12.1 Å². The fourth-order valence-electron chi connectivity index (χ4n) is 2.23. The van der Waals surface area contributed by atoms with E-state index in [-0.39, 0.29) is 11.7 Å². The zero-order valence-electron chi connectivity index (χ0n) is 13.9. The molecule has 4 rings (SSSR count). The molecule has 7 nitrogen and oxygen atoms in total. The first-order valence-electron chi connectivity index (χ1n) is 7.95. The van der Waals surface area contributed by atoms with Crippen molar-refractivity contribution >= 4 is 34.1 Å². The number of hydrogen-bond donors (Lipinski definition) is 1. The van der Waals surface area contributed by atoms with E-state index in [2.05, 4.69) is 25.5 Å². The molecule has 1 N–H and O–H groups in total. The van der Waals surface area contributed by atoms with Crippen molar-refractivity contribution in [3.63, 3.8) is 0 Å². The van der Waals surface area contributed by atoms with Crippen molar-refractivity contribution in [2.75, 3.05) is 11.1 Å². The molecule has 0 fully saturated rings. The third-order valence-electron chi connectivity index (χ3n) is 3.48. The number of anilines is 1. The monoisotopic (exact) mass is 395 g/mol. The topological polar surface area (TPSA) is 93.8 Å². The van der Waals surface area contributed by atoms with Crippen LogP contribution in [-0.4, -0.2) is 31.8 Å². The molecule has 134 valence electrons. The number of pyridine rings is 1. The fourth-order valence-corrected chi connectivity index (χ4v) is 3.53. The SMILES string of the molecule is O=C(CSc1nnc(-c2ccncc2)o1)Nc1nc(-c2ccccc2)cs1. The van der Waals surface area contributed by atoms with Crippen LogP contribution in [-0.2, 0) is 4.79 Å². The number of amides is 1. The highest BCUT2D eigenvalue weighted by Gasteiger charge is 2.12. The molecule has 0 saturated carbocycles. The zero-order chi connectivity index (χ0) is 18.5. The number of carbonyl (C=O) groups excluding carboxylic acids is 1. The number of benzene rings is 1. The van der Waals surface area contributed by atoms with Gasteiger partial charge in [-0.1, -0.05) is 42.1 Å². The molecular weight excluding hydrogens is 382 g/mol. The molecule has 0 aliphatic heterocycles. The van der Waals surface area contributed by atoms with Gasteiger partial charge in [0.05, 0.1) is 11.4 Å². The minimum atomic E-state index is -0.183. The Morgan fingerprint density at radius 1 is 1.07 bits per heavy atom. The molecule has 0 bridgehead atoms. The van der Waals surface area contributed by atoms with E-state index in [9.17, 15) is 4.79 Å². The van der Waals surface area contributed by atoms with E-state index in [1.165, 1.54) is 23.1 Å². The molecule has 9 heteroatoms. The van der Waals surface area contributed by atoms with Crippen LogP contribution in [0.25, 0.3) is 22.7 Å². The number of hydrogen-bond acceptors (Lipinski definition) is 8. The molecule has 0 unspecified atom stereocenters. The average molecular weight is 395 g/mol. The Hall–Kier alpha value is -3.04. The van der Waals surface area contributed by atoms with Crippen molar-refractivity contribution in [1.29, 1.82) is 0 Å². The molecule has 4 aromatic rings. The van der Waals surface area contributed by atoms with Gasteiger partial charge in [0.25, 0.3) is 5.22 Å². The van der Waals surface area contributed by atoms with E-state index in [1.807, 2.05) is 35.7 Å². The number of rotatable bonds is 6. The first kappa shape index (κ1) is 17.4. The van der Waals surface area contributed by atoms with E-state index < -0.39 is 0 Å². The van der Waals surface area contributed by atoms with E-state index in [0.717, 1.165) is 16.8 Å². The Balaban J connectivity index is 1.33. The standard InChI is InChI=1S/C18H13N5O2S2/c24-15(21-17-20-14(10-26-17)12-4-2-1-3-5-12)11-27-18-23-22-16(25-18)13-6-8-19-9-7-13/h1-10H,11H2,(H,20,21,24). The summed E-state index contributed by atoms with van der Waals surface area (Å²) in [6.45, 7) is 0. The minimum absolute atomic E-state index is 0.151. The van der Waals surface area contributed by atoms with Gasteiger partial charge in [0, 0.05) is 28.9 Å². The van der Waals surface area contributed by atoms with Crippen LogP contribution in [0.1, 0.15) is 0 Å². The van der Waals surface area contributed by atoms with Crippen molar-refractivity contribution in [1.82, 2.24) is 20.2 Å². The molecule has 0 saturated heterocycles. The number of aromatic nitrogens is 4. The van der Waals surface area contributed by atoms with Crippen LogP contribution in [0.2, 0.25) is 0 Å². The lowest BCUT2D eigenvalue weighted by molar-refractivity contribution is -0.113. The van der Waals surface area contributed by atoms with Crippen LogP contribution >= 0.6 is 23.1 Å². The predicted octanol–water partition coefficient (Wildman–Crippen LogP) is 3.99. The maximum Gasteiger partial charge on any atom is 0.277 e. The van der Waals surface area contributed by atoms with Crippen molar-refractivity contribution in [2.45, 2.75) is 5.22 Å². The van der Waals surface area contributed by atoms with Crippen molar-refractivity contribution in [3.05, 3.63) is 60.2 Å². The molecule has 1 aromatic carbocycles. The highest BCUT2D eigenvalue weighted by atomic mass is 32.2. The van der Waals surface area contributed by atoms with E-state index in [1.54, 1.807) is 24.5 Å². The van der Waals surface area contributed by atoms with Gasteiger partial charge in [0.1, 0.15) is 0 Å². The molecule has 27 heavy (non-hydrogen) atoms. The van der Waals surface area contributed by atoms with Crippen LogP contribution in [0.4, 0.5) is 5.13 Å². The summed E-state index contributed by atoms with van der Waals surface area (Å²) >= 11 is 2.56. The average Bonchev–Trinajstić information content (AvgIpc) is 3.37. The third kappa shape index (κ3) is 4.39. The highest BCUT2D eigenvalue weighted by molar-refractivity contribution is 7.99. The van der Waals surface area contributed by atoms with E-state index in [4.69, 9.17) is 4.42 Å². The molecule has 3 heterocycles. The molecular formula is C18H13N5O2S2. The van der Waals surface area contributed by atoms with Gasteiger partial charge in [-0.25, -0.2) is 4.98 Å². The summed E-state index contributed by atoms with van der Waals surface area (Å²) < 4.78 is 5.55. The van der Waals surface area contributed by atoms with Crippen molar-refractivity contribution < 1.29 is 9.21 Å². The van der Waals surface area contributed by atoms with Crippen LogP contribution in [0.5, 0.6) is 0 Å². The lowest BCUT2D eigenvalue weighted by atomic mass is 10.2. The van der Waals surface area contributed by atoms with Crippen LogP contribution in [0.15, 0.2) is 69.9 Å². The molecule has 0 atom stereocenters. The van der Waals surface area contributed by atoms with Gasteiger partial charge >= 0.3 is 0 Å². The predicted molar refractivity (Wildman–Crippen MR) is 104 cm³/mol. The molecule has 1 amide bonds. The maximum atomic E-state index is 12.1. The molecule has 3 aromatic heterocycles. The van der Waals surface area contributed by atoms with Crippen molar-refractivity contribution in [3.8, 4) is 22.7 Å². The van der Waals surface area contributed by atoms with Gasteiger partial charge in [0.2, 0.25) is 11.8 Å². The lowest BCUT2D eigenvalue weighted by Gasteiger charge is -1.99. The Morgan fingerprint density at radius 2 is 1.89 bits per heavy atom. The Labute approximate surface area is 162 Å². The molecule has 0 radical (unpaired) electrons. The second-order valence-corrected chi connectivity index (χ2v) is 7.13. The highest BCUT2D eigenvalue weighted by Crippen LogP contribution is 2.26. The summed E-state index contributed by atoms with van der Waals surface area (Å²) in [6, 6.07) is 13.4. The first-order valence-corrected chi connectivity index (χ1v) is 9.82. The van der Waals surface area contributed by atoms with Gasteiger partial charge in [-0.3, -0.25) is 9.78 Å². The zero-order valence-corrected chi connectivity index (χ0v) is 15.5. The quantitative estimate of drug-likeness (QED) is 0.493. The summed E-state index contributed by atoms with van der Waals surface area (Å²) in [4.78, 5) is 20.5. The van der Waals surface area contributed by atoms with Gasteiger partial charge < -0.3 is 9.73 Å². The van der Waals surface area contributed by atoms with Crippen LogP contribution in [0, 0.1) is 0 Å². The number of thiazole rings is 1. The maximum absolute atomic E-state index is 12.1. The smallest absolute Gasteiger partial charge is 0.277 e. The number of nitrogens with zero attached hydrogens (tertiary/aromatic N) is 4. The fraction of sp³-hybridized carbons (Fsp3) is 0.0556. The van der Waals surface area contributed by atoms with Crippen molar-refractivity contribution in [2.24, 2.45) is 0 Å². The van der Waals surface area contributed by atoms with E-state index in [0.29, 0.717) is 16.2 Å². The summed E-state index contributed by atoms with van der Waals surface area (Å²) in [5.74, 6) is 0.364.